The van der Waals surface area contributed by atoms with E-state index in [-0.39, 0.29) is 24.5 Å². The van der Waals surface area contributed by atoms with Gasteiger partial charge in [0, 0.05) is 42.4 Å². The standard InChI is InChI=1S/C20H30N8O5S/c1-10(2)16(21)19(31)28-15(7-34)18(30)26-13(3-11-5-22-8-24-11)17(29)27-14(20(32)33)4-12-6-23-9-25-12/h5-6,8-10,13-16,34H,3-4,7,21H2,1-2H3,(H,22,24)(H,23,25)(H,26,30)(H,27,29)(H,28,31)(H,32,33). The first kappa shape index (κ1) is 26.9. The Labute approximate surface area is 201 Å². The molecule has 2 aromatic rings. The van der Waals surface area contributed by atoms with Crippen LogP contribution in [0.5, 0.6) is 0 Å². The number of aliphatic carboxylic acids is 1. The van der Waals surface area contributed by atoms with Crippen LogP contribution in [0, 0.1) is 5.92 Å². The lowest BCUT2D eigenvalue weighted by molar-refractivity contribution is -0.142. The average Bonchev–Trinajstić information content (AvgIpc) is 3.49. The van der Waals surface area contributed by atoms with Gasteiger partial charge in [0.1, 0.15) is 18.1 Å². The van der Waals surface area contributed by atoms with E-state index in [4.69, 9.17) is 5.73 Å². The second kappa shape index (κ2) is 12.7. The van der Waals surface area contributed by atoms with Crippen LogP contribution >= 0.6 is 12.6 Å². The van der Waals surface area contributed by atoms with Gasteiger partial charge in [-0.3, -0.25) is 14.4 Å². The minimum absolute atomic E-state index is 0.00666. The Kier molecular flexibility index (Phi) is 10.1. The number of nitrogens with zero attached hydrogens (tertiary/aromatic N) is 2. The number of nitrogens with two attached hydrogens (primary N) is 1. The third-order valence-electron chi connectivity index (χ3n) is 5.04. The maximum Gasteiger partial charge on any atom is 0.326 e. The van der Waals surface area contributed by atoms with Crippen LogP contribution in [0.4, 0.5) is 0 Å². The summed E-state index contributed by atoms with van der Waals surface area (Å²) >= 11 is 4.12. The van der Waals surface area contributed by atoms with Gasteiger partial charge in [-0.1, -0.05) is 13.8 Å². The van der Waals surface area contributed by atoms with Gasteiger partial charge >= 0.3 is 5.97 Å². The molecule has 8 N–H and O–H groups in total. The molecule has 4 atom stereocenters. The summed E-state index contributed by atoms with van der Waals surface area (Å²) in [6.07, 6.45) is 5.71. The highest BCUT2D eigenvalue weighted by molar-refractivity contribution is 7.80. The molecule has 0 aliphatic heterocycles. The number of carboxylic acid groups (broad SMARTS) is 1. The number of nitrogens with one attached hydrogen (secondary N) is 5. The lowest BCUT2D eigenvalue weighted by atomic mass is 10.0. The van der Waals surface area contributed by atoms with E-state index >= 15 is 0 Å². The Bertz CT molecular complexity index is 950. The molecule has 2 rings (SSSR count). The van der Waals surface area contributed by atoms with E-state index in [9.17, 15) is 24.3 Å². The predicted octanol–water partition coefficient (Wildman–Crippen LogP) is -1.63. The second-order valence-corrected chi connectivity index (χ2v) is 8.40. The minimum Gasteiger partial charge on any atom is -0.480 e. The Morgan fingerprint density at radius 2 is 1.38 bits per heavy atom. The predicted molar refractivity (Wildman–Crippen MR) is 125 cm³/mol. The molecule has 4 unspecified atom stereocenters. The number of imidazole rings is 2. The van der Waals surface area contributed by atoms with Crippen LogP contribution in [0.2, 0.25) is 0 Å². The summed E-state index contributed by atoms with van der Waals surface area (Å²) in [4.78, 5) is 63.2. The molecule has 0 spiro atoms. The number of aromatic amines is 2. The molecular weight excluding hydrogens is 464 g/mol. The SMILES string of the molecule is CC(C)C(N)C(=O)NC(CS)C(=O)NC(Cc1cnc[nH]1)C(=O)NC(Cc1cnc[nH]1)C(=O)O. The van der Waals surface area contributed by atoms with Crippen LogP contribution in [0.3, 0.4) is 0 Å². The molecule has 13 nitrogen and oxygen atoms in total. The largest absolute Gasteiger partial charge is 0.480 e. The van der Waals surface area contributed by atoms with Crippen LogP contribution in [-0.4, -0.2) is 78.7 Å². The van der Waals surface area contributed by atoms with Crippen molar-refractivity contribution in [1.29, 1.82) is 0 Å². The van der Waals surface area contributed by atoms with Gasteiger partial charge in [-0.15, -0.1) is 0 Å². The van der Waals surface area contributed by atoms with E-state index in [2.05, 4.69) is 48.5 Å². The van der Waals surface area contributed by atoms with E-state index in [1.165, 1.54) is 25.0 Å². The number of aromatic nitrogens is 4. The van der Waals surface area contributed by atoms with Gasteiger partial charge < -0.3 is 36.8 Å². The third kappa shape index (κ3) is 7.88. The maximum atomic E-state index is 13.0. The molecule has 0 aliphatic carbocycles. The maximum absolute atomic E-state index is 13.0. The monoisotopic (exact) mass is 494 g/mol. The summed E-state index contributed by atoms with van der Waals surface area (Å²) in [6.45, 7) is 3.54. The summed E-state index contributed by atoms with van der Waals surface area (Å²) in [5.74, 6) is -3.36. The summed E-state index contributed by atoms with van der Waals surface area (Å²) in [6, 6.07) is -4.30. The van der Waals surface area contributed by atoms with Gasteiger partial charge in [0.05, 0.1) is 18.7 Å². The van der Waals surface area contributed by atoms with Crippen molar-refractivity contribution in [3.63, 3.8) is 0 Å². The van der Waals surface area contributed by atoms with Crippen molar-refractivity contribution in [2.75, 3.05) is 5.75 Å². The van der Waals surface area contributed by atoms with Crippen molar-refractivity contribution in [2.45, 2.75) is 50.9 Å². The van der Waals surface area contributed by atoms with Crippen molar-refractivity contribution < 1.29 is 24.3 Å². The molecule has 3 amide bonds. The smallest absolute Gasteiger partial charge is 0.326 e. The number of amides is 3. The van der Waals surface area contributed by atoms with Gasteiger partial charge in [0.15, 0.2) is 0 Å². The summed E-state index contributed by atoms with van der Waals surface area (Å²) in [5.41, 5.74) is 6.89. The number of H-pyrrole nitrogens is 2. The first-order valence-electron chi connectivity index (χ1n) is 10.6. The molecule has 2 aromatic heterocycles. The Morgan fingerprint density at radius 1 is 0.912 bits per heavy atom. The number of thiol groups is 1. The minimum atomic E-state index is -1.27. The second-order valence-electron chi connectivity index (χ2n) is 8.04. The summed E-state index contributed by atoms with van der Waals surface area (Å²) in [5, 5.41) is 17.1. The van der Waals surface area contributed by atoms with Crippen LogP contribution in [0.15, 0.2) is 25.0 Å². The van der Waals surface area contributed by atoms with Gasteiger partial charge in [-0.05, 0) is 5.92 Å². The molecule has 2 heterocycles. The molecule has 0 bridgehead atoms. The molecule has 0 aliphatic rings. The molecule has 0 saturated carbocycles. The highest BCUT2D eigenvalue weighted by Gasteiger charge is 2.31. The van der Waals surface area contributed by atoms with E-state index in [1.807, 2.05) is 0 Å². The van der Waals surface area contributed by atoms with Crippen LogP contribution in [-0.2, 0) is 32.0 Å². The fourth-order valence-electron chi connectivity index (χ4n) is 2.95. The number of carboxylic acids is 1. The van der Waals surface area contributed by atoms with Crippen LogP contribution in [0.1, 0.15) is 25.2 Å². The van der Waals surface area contributed by atoms with Crippen molar-refractivity contribution in [2.24, 2.45) is 11.7 Å². The molecule has 0 fully saturated rings. The highest BCUT2D eigenvalue weighted by atomic mass is 32.1. The number of rotatable bonds is 13. The van der Waals surface area contributed by atoms with Crippen molar-refractivity contribution in [1.82, 2.24) is 35.9 Å². The zero-order chi connectivity index (χ0) is 25.3. The molecule has 0 radical (unpaired) electrons. The van der Waals surface area contributed by atoms with Gasteiger partial charge in [-0.25, -0.2) is 14.8 Å². The lowest BCUT2D eigenvalue weighted by Crippen LogP contribution is -2.58. The van der Waals surface area contributed by atoms with Crippen molar-refractivity contribution in [3.8, 4) is 0 Å². The Balaban J connectivity index is 2.13. The topological polar surface area (TPSA) is 208 Å². The third-order valence-corrected chi connectivity index (χ3v) is 5.41. The first-order chi connectivity index (χ1) is 16.1. The first-order valence-corrected chi connectivity index (χ1v) is 11.2. The number of carbonyl (C=O) groups excluding carboxylic acids is 3. The zero-order valence-corrected chi connectivity index (χ0v) is 19.7. The van der Waals surface area contributed by atoms with E-state index in [0.29, 0.717) is 11.4 Å². The van der Waals surface area contributed by atoms with Gasteiger partial charge in [0.2, 0.25) is 17.7 Å². The normalized spacial score (nSPS) is 14.6. The van der Waals surface area contributed by atoms with E-state index in [0.717, 1.165) is 0 Å². The van der Waals surface area contributed by atoms with Crippen molar-refractivity contribution >= 4 is 36.3 Å². The summed E-state index contributed by atoms with van der Waals surface area (Å²) in [7, 11) is 0. The molecule has 34 heavy (non-hydrogen) atoms. The fourth-order valence-corrected chi connectivity index (χ4v) is 3.21. The number of hydrogen-bond donors (Lipinski definition) is 8. The van der Waals surface area contributed by atoms with Crippen LogP contribution in [0.25, 0.3) is 0 Å². The molecule has 0 aromatic carbocycles. The summed E-state index contributed by atoms with van der Waals surface area (Å²) < 4.78 is 0. The zero-order valence-electron chi connectivity index (χ0n) is 18.8. The van der Waals surface area contributed by atoms with Crippen LogP contribution < -0.4 is 21.7 Å². The highest BCUT2D eigenvalue weighted by Crippen LogP contribution is 2.05. The quantitative estimate of drug-likeness (QED) is 0.151. The Hall–Kier alpha value is -3.39. The lowest BCUT2D eigenvalue weighted by Gasteiger charge is -2.25. The Morgan fingerprint density at radius 3 is 1.82 bits per heavy atom. The number of carbonyl (C=O) groups is 4. The van der Waals surface area contributed by atoms with E-state index < -0.39 is 47.9 Å². The number of hydrogen-bond acceptors (Lipinski definition) is 8. The van der Waals surface area contributed by atoms with E-state index in [1.54, 1.807) is 13.8 Å². The average molecular weight is 495 g/mol. The molecule has 14 heteroatoms. The molecule has 186 valence electrons. The van der Waals surface area contributed by atoms with Gasteiger partial charge in [-0.2, -0.15) is 12.6 Å². The fraction of sp³-hybridized carbons (Fsp3) is 0.500. The van der Waals surface area contributed by atoms with Crippen molar-refractivity contribution in [3.05, 3.63) is 36.4 Å². The van der Waals surface area contributed by atoms with Gasteiger partial charge in [0.25, 0.3) is 0 Å². The molecular formula is C20H30N8O5S. The molecule has 0 saturated heterocycles.